The quantitative estimate of drug-likeness (QED) is 0.612. The van der Waals surface area contributed by atoms with Crippen LogP contribution in [-0.4, -0.2) is 19.0 Å². The van der Waals surface area contributed by atoms with Gasteiger partial charge in [-0.1, -0.05) is 17.7 Å². The van der Waals surface area contributed by atoms with E-state index in [1.807, 2.05) is 0 Å². The zero-order valence-electron chi connectivity index (χ0n) is 12.5. The minimum atomic E-state index is -0.499. The number of rotatable bonds is 3. The number of urea groups is 1. The summed E-state index contributed by atoms with van der Waals surface area (Å²) in [5, 5.41) is 3.11. The Bertz CT molecular complexity index is 849. The van der Waals surface area contributed by atoms with E-state index in [0.717, 1.165) is 14.9 Å². The van der Waals surface area contributed by atoms with Crippen LogP contribution < -0.4 is 15.0 Å². The molecule has 0 aliphatic carbocycles. The third-order valence-electron chi connectivity index (χ3n) is 3.45. The van der Waals surface area contributed by atoms with Crippen molar-refractivity contribution in [1.29, 1.82) is 0 Å². The molecule has 122 valence electrons. The van der Waals surface area contributed by atoms with Gasteiger partial charge >= 0.3 is 6.03 Å². The first-order valence-electron chi connectivity index (χ1n) is 6.96. The Hall–Kier alpha value is -2.31. The molecule has 24 heavy (non-hydrogen) atoms. The lowest BCUT2D eigenvalue weighted by Crippen LogP contribution is -2.30. The van der Waals surface area contributed by atoms with Crippen molar-refractivity contribution in [2.24, 2.45) is 0 Å². The molecule has 1 aliphatic heterocycles. The number of hydrogen-bond donors (Lipinski definition) is 1. The molecule has 1 fully saturated rings. The summed E-state index contributed by atoms with van der Waals surface area (Å²) in [7, 11) is 1.57. The van der Waals surface area contributed by atoms with E-state index >= 15 is 0 Å². The molecule has 0 aromatic heterocycles. The molecule has 3 amide bonds. The summed E-state index contributed by atoms with van der Waals surface area (Å²) >= 11 is 9.23. The minimum absolute atomic E-state index is 0.201. The SMILES string of the molecule is COc1ccc(/C=C2/NC(=O)N(c3ccc(Cl)cc3)C2=O)cc1Br. The van der Waals surface area contributed by atoms with E-state index in [2.05, 4.69) is 21.2 Å². The molecule has 0 unspecified atom stereocenters. The highest BCUT2D eigenvalue weighted by molar-refractivity contribution is 9.10. The number of benzene rings is 2. The van der Waals surface area contributed by atoms with Crippen molar-refractivity contribution in [3.63, 3.8) is 0 Å². The van der Waals surface area contributed by atoms with Gasteiger partial charge in [0.05, 0.1) is 17.3 Å². The number of methoxy groups -OCH3 is 1. The molecule has 3 rings (SSSR count). The first kappa shape index (κ1) is 16.5. The van der Waals surface area contributed by atoms with Gasteiger partial charge in [-0.05, 0) is 64.0 Å². The predicted molar refractivity (Wildman–Crippen MR) is 96.1 cm³/mol. The van der Waals surface area contributed by atoms with Gasteiger partial charge in [0.25, 0.3) is 5.91 Å². The summed E-state index contributed by atoms with van der Waals surface area (Å²) in [6, 6.07) is 11.4. The van der Waals surface area contributed by atoms with Crippen molar-refractivity contribution in [2.45, 2.75) is 0 Å². The van der Waals surface area contributed by atoms with Crippen LogP contribution in [0.2, 0.25) is 5.02 Å². The van der Waals surface area contributed by atoms with Crippen LogP contribution >= 0.6 is 27.5 Å². The van der Waals surface area contributed by atoms with E-state index in [1.165, 1.54) is 0 Å². The molecule has 1 N–H and O–H groups in total. The van der Waals surface area contributed by atoms with Crippen molar-refractivity contribution in [1.82, 2.24) is 5.32 Å². The third kappa shape index (κ3) is 3.16. The first-order chi connectivity index (χ1) is 11.5. The molecule has 2 aromatic rings. The van der Waals surface area contributed by atoms with Crippen molar-refractivity contribution in [3.05, 3.63) is 63.2 Å². The largest absolute Gasteiger partial charge is 0.496 e. The highest BCUT2D eigenvalue weighted by atomic mass is 79.9. The Morgan fingerprint density at radius 1 is 1.17 bits per heavy atom. The molecule has 1 aliphatic rings. The number of carbonyl (C=O) groups is 2. The maximum atomic E-state index is 12.5. The van der Waals surface area contributed by atoms with Crippen molar-refractivity contribution in [2.75, 3.05) is 12.0 Å². The molecule has 0 bridgehead atoms. The third-order valence-corrected chi connectivity index (χ3v) is 4.32. The molecule has 1 saturated heterocycles. The topological polar surface area (TPSA) is 58.6 Å². The Morgan fingerprint density at radius 3 is 2.50 bits per heavy atom. The fraction of sp³-hybridized carbons (Fsp3) is 0.0588. The molecule has 0 radical (unpaired) electrons. The van der Waals surface area contributed by atoms with E-state index in [0.29, 0.717) is 16.5 Å². The van der Waals surface area contributed by atoms with Gasteiger partial charge in [0.15, 0.2) is 0 Å². The van der Waals surface area contributed by atoms with Crippen LogP contribution in [0.4, 0.5) is 10.5 Å². The standard InChI is InChI=1S/C17H12BrClN2O3/c1-24-15-7-2-10(8-13(15)18)9-14-16(22)21(17(23)20-14)12-5-3-11(19)4-6-12/h2-9H,1H3,(H,20,23)/b14-9+. The second kappa shape index (κ2) is 6.67. The number of hydrogen-bond acceptors (Lipinski definition) is 3. The molecule has 7 heteroatoms. The maximum Gasteiger partial charge on any atom is 0.333 e. The van der Waals surface area contributed by atoms with E-state index < -0.39 is 11.9 Å². The van der Waals surface area contributed by atoms with E-state index in [9.17, 15) is 9.59 Å². The fourth-order valence-electron chi connectivity index (χ4n) is 2.30. The summed E-state index contributed by atoms with van der Waals surface area (Å²) in [5.41, 5.74) is 1.41. The Balaban J connectivity index is 1.90. The smallest absolute Gasteiger partial charge is 0.333 e. The van der Waals surface area contributed by atoms with Crippen LogP contribution in [0.1, 0.15) is 5.56 Å². The molecule has 0 atom stereocenters. The fourth-order valence-corrected chi connectivity index (χ4v) is 2.98. The van der Waals surface area contributed by atoms with Crippen LogP contribution in [0, 0.1) is 0 Å². The molecule has 1 heterocycles. The summed E-state index contributed by atoms with van der Waals surface area (Å²) < 4.78 is 5.92. The second-order valence-corrected chi connectivity index (χ2v) is 6.29. The van der Waals surface area contributed by atoms with E-state index in [-0.39, 0.29) is 5.70 Å². The number of carbonyl (C=O) groups excluding carboxylic acids is 2. The van der Waals surface area contributed by atoms with Crippen molar-refractivity contribution < 1.29 is 14.3 Å². The van der Waals surface area contributed by atoms with Gasteiger partial charge in [-0.15, -0.1) is 0 Å². The highest BCUT2D eigenvalue weighted by Crippen LogP contribution is 2.28. The van der Waals surface area contributed by atoms with Crippen LogP contribution in [0.3, 0.4) is 0 Å². The first-order valence-corrected chi connectivity index (χ1v) is 8.13. The molecular weight excluding hydrogens is 396 g/mol. The average Bonchev–Trinajstić information content (AvgIpc) is 2.83. The van der Waals surface area contributed by atoms with Crippen LogP contribution in [-0.2, 0) is 4.79 Å². The predicted octanol–water partition coefficient (Wildman–Crippen LogP) is 4.21. The zero-order chi connectivity index (χ0) is 17.3. The van der Waals surface area contributed by atoms with Gasteiger partial charge < -0.3 is 10.1 Å². The monoisotopic (exact) mass is 406 g/mol. The van der Waals surface area contributed by atoms with Gasteiger partial charge in [-0.2, -0.15) is 0 Å². The zero-order valence-corrected chi connectivity index (χ0v) is 14.9. The number of anilines is 1. The van der Waals surface area contributed by atoms with Gasteiger partial charge in [-0.3, -0.25) is 4.79 Å². The lowest BCUT2D eigenvalue weighted by Gasteiger charge is -2.11. The number of nitrogens with zero attached hydrogens (tertiary/aromatic N) is 1. The summed E-state index contributed by atoms with van der Waals surface area (Å²) in [4.78, 5) is 25.7. The van der Waals surface area contributed by atoms with E-state index in [4.69, 9.17) is 16.3 Å². The van der Waals surface area contributed by atoms with E-state index in [1.54, 1.807) is 55.7 Å². The lowest BCUT2D eigenvalue weighted by atomic mass is 10.2. The van der Waals surface area contributed by atoms with Crippen molar-refractivity contribution in [3.8, 4) is 5.75 Å². The minimum Gasteiger partial charge on any atom is -0.496 e. The summed E-state index contributed by atoms with van der Waals surface area (Å²) in [6.07, 6.45) is 1.61. The Kier molecular flexibility index (Phi) is 4.59. The molecule has 0 spiro atoms. The average molecular weight is 408 g/mol. The highest BCUT2D eigenvalue weighted by Gasteiger charge is 2.34. The summed E-state index contributed by atoms with van der Waals surface area (Å²) in [6.45, 7) is 0. The number of nitrogens with one attached hydrogen (secondary N) is 1. The van der Waals surface area contributed by atoms with Crippen LogP contribution in [0.5, 0.6) is 5.75 Å². The lowest BCUT2D eigenvalue weighted by molar-refractivity contribution is -0.113. The van der Waals surface area contributed by atoms with Gasteiger partial charge in [-0.25, -0.2) is 9.69 Å². The normalized spacial score (nSPS) is 15.8. The molecular formula is C17H12BrClN2O3. The van der Waals surface area contributed by atoms with Gasteiger partial charge in [0, 0.05) is 5.02 Å². The molecule has 0 saturated carbocycles. The number of ether oxygens (including phenoxy) is 1. The number of amides is 3. The molecule has 5 nitrogen and oxygen atoms in total. The maximum absolute atomic E-state index is 12.5. The number of halogens is 2. The molecule has 2 aromatic carbocycles. The summed E-state index contributed by atoms with van der Waals surface area (Å²) in [5.74, 6) is 0.260. The number of imide groups is 1. The van der Waals surface area contributed by atoms with Gasteiger partial charge in [0.2, 0.25) is 0 Å². The Morgan fingerprint density at radius 2 is 1.88 bits per heavy atom. The van der Waals surface area contributed by atoms with Gasteiger partial charge in [0.1, 0.15) is 11.4 Å². The van der Waals surface area contributed by atoms with Crippen molar-refractivity contribution >= 4 is 51.2 Å². The van der Waals surface area contributed by atoms with Crippen LogP contribution in [0.25, 0.3) is 6.08 Å². The second-order valence-electron chi connectivity index (χ2n) is 5.00. The van der Waals surface area contributed by atoms with Crippen LogP contribution in [0.15, 0.2) is 52.6 Å². The Labute approximate surface area is 152 Å².